The van der Waals surface area contributed by atoms with Crippen LogP contribution in [0.3, 0.4) is 0 Å². The second kappa shape index (κ2) is 8.10. The molecule has 0 saturated carbocycles. The second-order valence-corrected chi connectivity index (χ2v) is 7.74. The van der Waals surface area contributed by atoms with Gasteiger partial charge in [0, 0.05) is 23.3 Å². The standard InChI is InChI=1S/C23H26N6O/c1-15-12-17(3)28(26-15)13-16(2)25-21(30)14-29-23-22(18(4)27-29)20(10-11-24-23)19-8-6-5-7-9-19/h5-12,16H,13-14H2,1-4H3,(H,25,30). The lowest BCUT2D eigenvalue weighted by Gasteiger charge is -2.15. The summed E-state index contributed by atoms with van der Waals surface area (Å²) in [5.41, 5.74) is 5.82. The highest BCUT2D eigenvalue weighted by Gasteiger charge is 2.17. The molecule has 4 rings (SSSR count). The Balaban J connectivity index is 1.53. The number of pyridine rings is 1. The number of benzene rings is 1. The molecule has 1 aromatic carbocycles. The van der Waals surface area contributed by atoms with Gasteiger partial charge in [0.1, 0.15) is 6.54 Å². The molecular weight excluding hydrogens is 376 g/mol. The Morgan fingerprint density at radius 2 is 1.83 bits per heavy atom. The molecule has 4 aromatic rings. The Morgan fingerprint density at radius 1 is 1.07 bits per heavy atom. The van der Waals surface area contributed by atoms with Crippen LogP contribution in [0.1, 0.15) is 24.0 Å². The zero-order chi connectivity index (χ0) is 21.3. The third-order valence-electron chi connectivity index (χ3n) is 5.14. The normalized spacial score (nSPS) is 12.3. The Morgan fingerprint density at radius 3 is 2.53 bits per heavy atom. The van der Waals surface area contributed by atoms with Gasteiger partial charge in [-0.2, -0.15) is 10.2 Å². The molecule has 1 amide bonds. The summed E-state index contributed by atoms with van der Waals surface area (Å²) >= 11 is 0. The summed E-state index contributed by atoms with van der Waals surface area (Å²) in [6.07, 6.45) is 1.77. The maximum Gasteiger partial charge on any atom is 0.242 e. The number of aryl methyl sites for hydroxylation is 3. The fourth-order valence-electron chi connectivity index (χ4n) is 3.87. The minimum atomic E-state index is -0.0969. The van der Waals surface area contributed by atoms with Gasteiger partial charge in [-0.3, -0.25) is 9.48 Å². The average Bonchev–Trinajstić information content (AvgIpc) is 3.20. The lowest BCUT2D eigenvalue weighted by atomic mass is 10.0. The van der Waals surface area contributed by atoms with E-state index in [0.717, 1.165) is 39.2 Å². The molecule has 0 saturated heterocycles. The third kappa shape index (κ3) is 3.96. The smallest absolute Gasteiger partial charge is 0.242 e. The van der Waals surface area contributed by atoms with Crippen LogP contribution in [0.5, 0.6) is 0 Å². The highest BCUT2D eigenvalue weighted by atomic mass is 16.2. The second-order valence-electron chi connectivity index (χ2n) is 7.74. The number of nitrogens with zero attached hydrogens (tertiary/aromatic N) is 5. The first-order chi connectivity index (χ1) is 14.4. The number of carbonyl (C=O) groups excluding carboxylic acids is 1. The number of rotatable bonds is 6. The van der Waals surface area contributed by atoms with Crippen LogP contribution in [-0.4, -0.2) is 36.5 Å². The zero-order valence-electron chi connectivity index (χ0n) is 17.8. The van der Waals surface area contributed by atoms with Crippen LogP contribution in [0.2, 0.25) is 0 Å². The van der Waals surface area contributed by atoms with E-state index < -0.39 is 0 Å². The molecule has 154 valence electrons. The number of aromatic nitrogens is 5. The van der Waals surface area contributed by atoms with Crippen molar-refractivity contribution in [2.24, 2.45) is 0 Å². The Bertz CT molecular complexity index is 1190. The molecule has 0 aliphatic rings. The van der Waals surface area contributed by atoms with Crippen molar-refractivity contribution in [3.8, 4) is 11.1 Å². The Kier molecular flexibility index (Phi) is 5.35. The van der Waals surface area contributed by atoms with Gasteiger partial charge in [0.2, 0.25) is 5.91 Å². The molecule has 30 heavy (non-hydrogen) atoms. The van der Waals surface area contributed by atoms with Crippen LogP contribution in [0.15, 0.2) is 48.7 Å². The maximum atomic E-state index is 12.7. The molecule has 0 aliphatic carbocycles. The predicted octanol–water partition coefficient (Wildman–Crippen LogP) is 3.42. The number of carbonyl (C=O) groups is 1. The Hall–Kier alpha value is -3.48. The molecule has 1 N–H and O–H groups in total. The van der Waals surface area contributed by atoms with Crippen molar-refractivity contribution >= 4 is 16.9 Å². The van der Waals surface area contributed by atoms with E-state index in [9.17, 15) is 4.79 Å². The van der Waals surface area contributed by atoms with Crippen molar-refractivity contribution in [1.82, 2.24) is 29.9 Å². The first-order valence-electron chi connectivity index (χ1n) is 10.1. The van der Waals surface area contributed by atoms with Gasteiger partial charge in [-0.1, -0.05) is 30.3 Å². The van der Waals surface area contributed by atoms with Crippen molar-refractivity contribution in [2.75, 3.05) is 0 Å². The van der Waals surface area contributed by atoms with Gasteiger partial charge in [0.15, 0.2) is 5.65 Å². The first kappa shape index (κ1) is 19.8. The van der Waals surface area contributed by atoms with Crippen LogP contribution in [-0.2, 0) is 17.9 Å². The SMILES string of the molecule is Cc1cc(C)n(CC(C)NC(=O)Cn2nc(C)c3c(-c4ccccc4)ccnc32)n1. The van der Waals surface area contributed by atoms with E-state index in [1.54, 1.807) is 10.9 Å². The van der Waals surface area contributed by atoms with Gasteiger partial charge in [0.05, 0.1) is 17.9 Å². The van der Waals surface area contributed by atoms with Crippen LogP contribution < -0.4 is 5.32 Å². The summed E-state index contributed by atoms with van der Waals surface area (Å²) in [7, 11) is 0. The highest BCUT2D eigenvalue weighted by molar-refractivity contribution is 5.95. The largest absolute Gasteiger partial charge is 0.350 e. The quantitative estimate of drug-likeness (QED) is 0.536. The third-order valence-corrected chi connectivity index (χ3v) is 5.14. The van der Waals surface area contributed by atoms with E-state index in [2.05, 4.69) is 32.6 Å². The molecule has 7 nitrogen and oxygen atoms in total. The minimum absolute atomic E-state index is 0.0498. The fraction of sp³-hybridized carbons (Fsp3) is 0.304. The summed E-state index contributed by atoms with van der Waals surface area (Å²) in [5.74, 6) is -0.0969. The predicted molar refractivity (Wildman–Crippen MR) is 117 cm³/mol. The summed E-state index contributed by atoms with van der Waals surface area (Å²) in [6.45, 7) is 8.67. The number of nitrogens with one attached hydrogen (secondary N) is 1. The van der Waals surface area contributed by atoms with Gasteiger partial charge in [0.25, 0.3) is 0 Å². The summed E-state index contributed by atoms with van der Waals surface area (Å²) in [5, 5.41) is 13.1. The molecule has 0 aliphatic heterocycles. The van der Waals surface area contributed by atoms with E-state index in [0.29, 0.717) is 6.54 Å². The molecule has 1 atom stereocenters. The molecule has 3 aromatic heterocycles. The number of hydrogen-bond acceptors (Lipinski definition) is 4. The van der Waals surface area contributed by atoms with Crippen molar-refractivity contribution in [2.45, 2.75) is 46.8 Å². The van der Waals surface area contributed by atoms with Crippen molar-refractivity contribution < 1.29 is 4.79 Å². The van der Waals surface area contributed by atoms with Crippen molar-refractivity contribution in [3.63, 3.8) is 0 Å². The van der Waals surface area contributed by atoms with Gasteiger partial charge in [-0.25, -0.2) is 9.67 Å². The van der Waals surface area contributed by atoms with Gasteiger partial charge in [-0.05, 0) is 51.0 Å². The minimum Gasteiger partial charge on any atom is -0.350 e. The fourth-order valence-corrected chi connectivity index (χ4v) is 3.87. The number of fused-ring (bicyclic) bond motifs is 1. The summed E-state index contributed by atoms with van der Waals surface area (Å²) in [6, 6.07) is 14.1. The maximum absolute atomic E-state index is 12.7. The van der Waals surface area contributed by atoms with E-state index in [1.165, 1.54) is 0 Å². The topological polar surface area (TPSA) is 77.6 Å². The molecule has 3 heterocycles. The van der Waals surface area contributed by atoms with Crippen LogP contribution in [0.4, 0.5) is 0 Å². The van der Waals surface area contributed by atoms with E-state index in [1.807, 2.05) is 62.7 Å². The lowest BCUT2D eigenvalue weighted by Crippen LogP contribution is -2.38. The van der Waals surface area contributed by atoms with Crippen LogP contribution >= 0.6 is 0 Å². The number of hydrogen-bond donors (Lipinski definition) is 1. The summed E-state index contributed by atoms with van der Waals surface area (Å²) in [4.78, 5) is 17.2. The molecule has 0 spiro atoms. The molecular formula is C23H26N6O. The van der Waals surface area contributed by atoms with Gasteiger partial charge >= 0.3 is 0 Å². The first-order valence-corrected chi connectivity index (χ1v) is 10.1. The summed E-state index contributed by atoms with van der Waals surface area (Å²) < 4.78 is 3.60. The molecule has 7 heteroatoms. The highest BCUT2D eigenvalue weighted by Crippen LogP contribution is 2.29. The monoisotopic (exact) mass is 402 g/mol. The van der Waals surface area contributed by atoms with E-state index in [4.69, 9.17) is 0 Å². The van der Waals surface area contributed by atoms with Gasteiger partial charge in [-0.15, -0.1) is 0 Å². The van der Waals surface area contributed by atoms with Crippen molar-refractivity contribution in [3.05, 3.63) is 65.7 Å². The van der Waals surface area contributed by atoms with Crippen LogP contribution in [0.25, 0.3) is 22.2 Å². The lowest BCUT2D eigenvalue weighted by molar-refractivity contribution is -0.122. The van der Waals surface area contributed by atoms with Gasteiger partial charge < -0.3 is 5.32 Å². The van der Waals surface area contributed by atoms with Crippen molar-refractivity contribution in [1.29, 1.82) is 0 Å². The van der Waals surface area contributed by atoms with Crippen LogP contribution in [0, 0.1) is 20.8 Å². The molecule has 0 radical (unpaired) electrons. The molecule has 0 fully saturated rings. The molecule has 0 bridgehead atoms. The van der Waals surface area contributed by atoms with E-state index in [-0.39, 0.29) is 18.5 Å². The zero-order valence-corrected chi connectivity index (χ0v) is 17.8. The molecule has 1 unspecified atom stereocenters. The number of amides is 1. The Labute approximate surface area is 175 Å². The average molecular weight is 403 g/mol. The van der Waals surface area contributed by atoms with E-state index >= 15 is 0 Å².